The predicted molar refractivity (Wildman–Crippen MR) is 158 cm³/mol. The van der Waals surface area contributed by atoms with Crippen LogP contribution in [0.2, 0.25) is 0 Å². The van der Waals surface area contributed by atoms with Crippen molar-refractivity contribution in [2.45, 2.75) is 31.5 Å². The van der Waals surface area contributed by atoms with E-state index in [1.807, 2.05) is 31.2 Å². The van der Waals surface area contributed by atoms with Gasteiger partial charge in [-0.2, -0.15) is 4.99 Å². The fraction of sp³-hybridized carbons (Fsp3) is 0.200. The number of guanidine groups is 1. The molecule has 5 N–H and O–H groups in total. The van der Waals surface area contributed by atoms with E-state index in [-0.39, 0.29) is 16.7 Å². The molecular weight excluding hydrogens is 545 g/mol. The molecule has 9 nitrogen and oxygen atoms in total. The summed E-state index contributed by atoms with van der Waals surface area (Å²) in [6.45, 7) is 4.45. The monoisotopic (exact) mass is 577 g/mol. The van der Waals surface area contributed by atoms with Gasteiger partial charge in [-0.1, -0.05) is 30.3 Å². The van der Waals surface area contributed by atoms with Crippen LogP contribution < -0.4 is 21.1 Å². The molecule has 1 unspecified atom stereocenters. The van der Waals surface area contributed by atoms with Crippen molar-refractivity contribution in [2.75, 3.05) is 18.2 Å². The van der Waals surface area contributed by atoms with Gasteiger partial charge in [-0.05, 0) is 72.5 Å². The molecule has 0 bridgehead atoms. The summed E-state index contributed by atoms with van der Waals surface area (Å²) in [6, 6.07) is 19.9. The fourth-order valence-electron chi connectivity index (χ4n) is 4.11. The second kappa shape index (κ2) is 12.9. The van der Waals surface area contributed by atoms with Gasteiger partial charge < -0.3 is 20.9 Å². The van der Waals surface area contributed by atoms with E-state index in [0.717, 1.165) is 34.1 Å². The van der Waals surface area contributed by atoms with Crippen LogP contribution in [-0.2, 0) is 16.4 Å². The maximum Gasteiger partial charge on any atom is 0.199 e. The number of hydrogen-bond donors (Lipinski definition) is 4. The van der Waals surface area contributed by atoms with Crippen molar-refractivity contribution in [1.29, 1.82) is 0 Å². The number of ether oxygens (including phenoxy) is 1. The lowest BCUT2D eigenvalue weighted by molar-refractivity contribution is 0.136. The van der Waals surface area contributed by atoms with Gasteiger partial charge >= 0.3 is 0 Å². The van der Waals surface area contributed by atoms with Gasteiger partial charge in [0.1, 0.15) is 17.8 Å². The summed E-state index contributed by atoms with van der Waals surface area (Å²) in [4.78, 5) is 8.83. The number of pyridine rings is 1. The Morgan fingerprint density at radius 1 is 1.07 bits per heavy atom. The molecule has 0 aliphatic heterocycles. The molecule has 0 aliphatic carbocycles. The van der Waals surface area contributed by atoms with Gasteiger partial charge in [0.05, 0.1) is 17.2 Å². The zero-order valence-electron chi connectivity index (χ0n) is 22.9. The predicted octanol–water partition coefficient (Wildman–Crippen LogP) is 4.84. The van der Waals surface area contributed by atoms with Crippen LogP contribution in [0.4, 0.5) is 15.9 Å². The first-order valence-electron chi connectivity index (χ1n) is 12.8. The number of aromatic nitrogens is 1. The first-order valence-corrected chi connectivity index (χ1v) is 14.7. The Morgan fingerprint density at radius 3 is 2.44 bits per heavy atom. The van der Waals surface area contributed by atoms with Gasteiger partial charge in [-0.3, -0.25) is 5.32 Å². The Bertz CT molecular complexity index is 1640. The zero-order chi connectivity index (χ0) is 29.6. The van der Waals surface area contributed by atoms with Gasteiger partial charge in [0.2, 0.25) is 0 Å². The summed E-state index contributed by atoms with van der Waals surface area (Å²) in [5.74, 6) is 0.468. The summed E-state index contributed by atoms with van der Waals surface area (Å²) < 4.78 is 42.5. The molecule has 1 atom stereocenters. The Labute approximate surface area is 238 Å². The first kappa shape index (κ1) is 29.7. The van der Waals surface area contributed by atoms with Gasteiger partial charge in [0.25, 0.3) is 0 Å². The van der Waals surface area contributed by atoms with Crippen molar-refractivity contribution in [3.8, 4) is 16.9 Å². The normalized spacial score (nSPS) is 12.7. The molecule has 214 valence electrons. The number of aliphatic imine (C=N–C) groups is 1. The number of aliphatic hydroxyl groups excluding tert-OH is 1. The first-order chi connectivity index (χ1) is 19.5. The topological polar surface area (TPSA) is 139 Å². The van der Waals surface area contributed by atoms with Gasteiger partial charge in [0, 0.05) is 30.6 Å². The number of halogens is 1. The number of sulfone groups is 1. The van der Waals surface area contributed by atoms with E-state index in [1.165, 1.54) is 24.3 Å². The number of benzene rings is 3. The van der Waals surface area contributed by atoms with E-state index >= 15 is 0 Å². The molecule has 1 aromatic heterocycles. The average molecular weight is 578 g/mol. The zero-order valence-corrected chi connectivity index (χ0v) is 23.7. The van der Waals surface area contributed by atoms with Crippen molar-refractivity contribution >= 4 is 27.3 Å². The highest BCUT2D eigenvalue weighted by Gasteiger charge is 2.14. The van der Waals surface area contributed by atoms with E-state index in [0.29, 0.717) is 30.4 Å². The highest BCUT2D eigenvalue weighted by molar-refractivity contribution is 7.90. The van der Waals surface area contributed by atoms with Crippen LogP contribution in [0, 0.1) is 12.7 Å². The Morgan fingerprint density at radius 2 is 1.80 bits per heavy atom. The highest BCUT2D eigenvalue weighted by atomic mass is 32.2. The lowest BCUT2D eigenvalue weighted by Crippen LogP contribution is -2.22. The van der Waals surface area contributed by atoms with Crippen LogP contribution in [0.15, 0.2) is 88.9 Å². The molecule has 0 aliphatic rings. The number of aryl methyl sites for hydroxylation is 1. The third kappa shape index (κ3) is 7.88. The largest absolute Gasteiger partial charge is 0.492 e. The Balaban J connectivity index is 1.43. The lowest BCUT2D eigenvalue weighted by atomic mass is 10.00. The molecule has 0 radical (unpaired) electrons. The van der Waals surface area contributed by atoms with E-state index in [4.69, 9.17) is 10.5 Å². The van der Waals surface area contributed by atoms with Crippen LogP contribution in [0.1, 0.15) is 29.8 Å². The quantitative estimate of drug-likeness (QED) is 0.119. The molecule has 3 aromatic carbocycles. The number of anilines is 1. The summed E-state index contributed by atoms with van der Waals surface area (Å²) in [7, 11) is -3.39. The van der Waals surface area contributed by atoms with Crippen molar-refractivity contribution < 1.29 is 22.7 Å². The van der Waals surface area contributed by atoms with E-state index in [2.05, 4.69) is 20.6 Å². The van der Waals surface area contributed by atoms with Crippen LogP contribution in [0.5, 0.6) is 5.75 Å². The average Bonchev–Trinajstić information content (AvgIpc) is 2.93. The smallest absolute Gasteiger partial charge is 0.199 e. The highest BCUT2D eigenvalue weighted by Crippen LogP contribution is 2.29. The molecule has 41 heavy (non-hydrogen) atoms. The maximum absolute atomic E-state index is 13.1. The van der Waals surface area contributed by atoms with E-state index in [9.17, 15) is 17.9 Å². The van der Waals surface area contributed by atoms with Crippen LogP contribution in [-0.4, -0.2) is 37.3 Å². The molecule has 0 amide bonds. The van der Waals surface area contributed by atoms with Crippen LogP contribution in [0.25, 0.3) is 11.1 Å². The van der Waals surface area contributed by atoms with E-state index in [1.54, 1.807) is 37.4 Å². The molecule has 11 heteroatoms. The fourth-order valence-corrected chi connectivity index (χ4v) is 4.75. The number of nitrogens with zero attached hydrogens (tertiary/aromatic N) is 2. The minimum Gasteiger partial charge on any atom is -0.492 e. The van der Waals surface area contributed by atoms with Crippen molar-refractivity contribution in [3.05, 3.63) is 102 Å². The summed E-state index contributed by atoms with van der Waals surface area (Å²) in [5.41, 5.74) is 10.8. The third-order valence-corrected chi connectivity index (χ3v) is 7.35. The summed E-state index contributed by atoms with van der Waals surface area (Å²) in [6.07, 6.45) is 1.92. The molecule has 0 fully saturated rings. The number of rotatable bonds is 10. The number of nitrogens with one attached hydrogen (secondary N) is 2. The molecule has 4 rings (SSSR count). The number of nitrogens with two attached hydrogens (primary N) is 1. The molecule has 0 spiro atoms. The second-order valence-electron chi connectivity index (χ2n) is 9.37. The molecule has 1 heterocycles. The molecular formula is C30H32FN5O4S. The van der Waals surface area contributed by atoms with Gasteiger partial charge in [-0.15, -0.1) is 0 Å². The summed E-state index contributed by atoms with van der Waals surface area (Å²) in [5, 5.41) is 16.6. The Hall–Kier alpha value is -4.32. The minimum absolute atomic E-state index is 0.0561. The van der Waals surface area contributed by atoms with Gasteiger partial charge in [0.15, 0.2) is 21.6 Å². The Kier molecular flexibility index (Phi) is 9.33. The molecule has 0 saturated heterocycles. The summed E-state index contributed by atoms with van der Waals surface area (Å²) >= 11 is 0. The molecule has 4 aromatic rings. The van der Waals surface area contributed by atoms with Gasteiger partial charge in [-0.25, -0.2) is 17.8 Å². The maximum atomic E-state index is 13.1. The lowest BCUT2D eigenvalue weighted by Gasteiger charge is -2.17. The minimum atomic E-state index is -3.39. The van der Waals surface area contributed by atoms with Crippen molar-refractivity contribution in [1.82, 2.24) is 10.3 Å². The van der Waals surface area contributed by atoms with Crippen LogP contribution in [0.3, 0.4) is 0 Å². The SMILES string of the molecule is CCOc1cc(S(C)(=O)=O)ccc1NC(N)=Nc1ccc(-c2ccc(C(O)NCc3ccc(F)cc3)c(C)c2)cn1. The van der Waals surface area contributed by atoms with Crippen LogP contribution >= 0.6 is 0 Å². The van der Waals surface area contributed by atoms with E-state index < -0.39 is 16.1 Å². The number of aliphatic hydroxyl groups is 1. The number of hydrogen-bond acceptors (Lipinski definition) is 7. The third-order valence-electron chi connectivity index (χ3n) is 6.24. The van der Waals surface area contributed by atoms with Crippen molar-refractivity contribution in [2.24, 2.45) is 10.7 Å². The second-order valence-corrected chi connectivity index (χ2v) is 11.4. The van der Waals surface area contributed by atoms with Crippen molar-refractivity contribution in [3.63, 3.8) is 0 Å². The molecule has 0 saturated carbocycles. The standard InChI is InChI=1S/C30H32FN5O4S/c1-4-40-27-16-24(41(3,38)39)11-13-26(27)35-30(32)36-28-14-8-22(18-33-28)21-7-12-25(19(2)15-21)29(37)34-17-20-5-9-23(31)10-6-20/h5-16,18,29,34,37H,4,17H2,1-3H3,(H3,32,33,35,36).